The Morgan fingerprint density at radius 2 is 2.55 bits per heavy atom. The van der Waals surface area contributed by atoms with Gasteiger partial charge < -0.3 is 5.32 Å². The minimum atomic E-state index is -1.01. The van der Waals surface area contributed by atoms with Crippen LogP contribution >= 0.6 is 0 Å². The summed E-state index contributed by atoms with van der Waals surface area (Å²) in [6.07, 6.45) is 3.03. The van der Waals surface area contributed by atoms with Crippen molar-refractivity contribution in [3.05, 3.63) is 24.5 Å². The number of halogens is 1. The van der Waals surface area contributed by atoms with Crippen molar-refractivity contribution in [1.82, 2.24) is 4.98 Å². The Bertz CT molecular complexity index is 237. The summed E-state index contributed by atoms with van der Waals surface area (Å²) in [5, 5.41) is 2.32. The fraction of sp³-hybridized carbons (Fsp3) is 0.143. The van der Waals surface area contributed by atoms with Crippen LogP contribution in [0.15, 0.2) is 24.5 Å². The van der Waals surface area contributed by atoms with Gasteiger partial charge >= 0.3 is 0 Å². The first-order chi connectivity index (χ1) is 5.33. The highest BCUT2D eigenvalue weighted by Gasteiger charge is 1.98. The van der Waals surface area contributed by atoms with E-state index in [0.717, 1.165) is 0 Å². The zero-order chi connectivity index (χ0) is 8.10. The van der Waals surface area contributed by atoms with Crippen molar-refractivity contribution < 1.29 is 9.18 Å². The van der Waals surface area contributed by atoms with Crippen LogP contribution in [0.5, 0.6) is 0 Å². The van der Waals surface area contributed by atoms with E-state index in [1.165, 1.54) is 6.20 Å². The standard InChI is InChI=1S/C7H7FN2O/c8-4-7(11)10-6-2-1-3-9-5-6/h1-3,5H,4H2,(H,10,11). The van der Waals surface area contributed by atoms with Gasteiger partial charge in [0.25, 0.3) is 5.91 Å². The van der Waals surface area contributed by atoms with E-state index < -0.39 is 12.6 Å². The van der Waals surface area contributed by atoms with E-state index in [1.807, 2.05) is 0 Å². The molecule has 1 aromatic rings. The average molecular weight is 154 g/mol. The minimum Gasteiger partial charge on any atom is -0.322 e. The molecule has 1 N–H and O–H groups in total. The highest BCUT2D eigenvalue weighted by Crippen LogP contribution is 2.01. The lowest BCUT2D eigenvalue weighted by molar-refractivity contribution is -0.117. The summed E-state index contributed by atoms with van der Waals surface area (Å²) in [6.45, 7) is -1.01. The van der Waals surface area contributed by atoms with Gasteiger partial charge in [-0.1, -0.05) is 0 Å². The molecule has 0 bridgehead atoms. The number of hydrogen-bond acceptors (Lipinski definition) is 2. The van der Waals surface area contributed by atoms with Gasteiger partial charge in [0.1, 0.15) is 0 Å². The maximum absolute atomic E-state index is 11.6. The van der Waals surface area contributed by atoms with Gasteiger partial charge in [-0.3, -0.25) is 9.78 Å². The summed E-state index contributed by atoms with van der Waals surface area (Å²) in [7, 11) is 0. The second-order valence-corrected chi connectivity index (χ2v) is 1.92. The molecule has 1 amide bonds. The normalized spacial score (nSPS) is 9.18. The van der Waals surface area contributed by atoms with Gasteiger partial charge in [-0.15, -0.1) is 0 Å². The first-order valence-corrected chi connectivity index (χ1v) is 3.09. The molecule has 11 heavy (non-hydrogen) atoms. The Morgan fingerprint density at radius 1 is 1.73 bits per heavy atom. The van der Waals surface area contributed by atoms with Gasteiger partial charge in [0.05, 0.1) is 11.9 Å². The third-order valence-electron chi connectivity index (χ3n) is 1.07. The van der Waals surface area contributed by atoms with Gasteiger partial charge in [-0.05, 0) is 12.1 Å². The molecule has 0 aliphatic carbocycles. The summed E-state index contributed by atoms with van der Waals surface area (Å²) >= 11 is 0. The summed E-state index contributed by atoms with van der Waals surface area (Å²) in [4.78, 5) is 14.2. The third-order valence-corrected chi connectivity index (χ3v) is 1.07. The number of carbonyl (C=O) groups is 1. The van der Waals surface area contributed by atoms with Gasteiger partial charge in [0.2, 0.25) is 0 Å². The molecule has 1 aromatic heterocycles. The number of carbonyl (C=O) groups excluding carboxylic acids is 1. The van der Waals surface area contributed by atoms with E-state index in [-0.39, 0.29) is 0 Å². The van der Waals surface area contributed by atoms with E-state index in [2.05, 4.69) is 10.3 Å². The number of rotatable bonds is 2. The molecule has 0 atom stereocenters. The van der Waals surface area contributed by atoms with Crippen LogP contribution in [0.1, 0.15) is 0 Å². The number of alkyl halides is 1. The van der Waals surface area contributed by atoms with E-state index in [0.29, 0.717) is 5.69 Å². The van der Waals surface area contributed by atoms with Crippen LogP contribution in [-0.4, -0.2) is 17.6 Å². The van der Waals surface area contributed by atoms with E-state index >= 15 is 0 Å². The molecule has 58 valence electrons. The van der Waals surface area contributed by atoms with Crippen LogP contribution in [0.25, 0.3) is 0 Å². The first kappa shape index (κ1) is 7.65. The molecule has 0 radical (unpaired) electrons. The number of pyridine rings is 1. The first-order valence-electron chi connectivity index (χ1n) is 3.09. The number of anilines is 1. The SMILES string of the molecule is O=C(CF)Nc1cccnc1. The fourth-order valence-electron chi connectivity index (χ4n) is 0.631. The highest BCUT2D eigenvalue weighted by molar-refractivity contribution is 5.91. The largest absolute Gasteiger partial charge is 0.322 e. The van der Waals surface area contributed by atoms with Crippen molar-refractivity contribution in [3.8, 4) is 0 Å². The molecule has 1 rings (SSSR count). The van der Waals surface area contributed by atoms with E-state index in [4.69, 9.17) is 0 Å². The molecule has 0 fully saturated rings. The molecule has 0 aromatic carbocycles. The lowest BCUT2D eigenvalue weighted by Crippen LogP contribution is -2.12. The second-order valence-electron chi connectivity index (χ2n) is 1.92. The molecule has 1 heterocycles. The monoisotopic (exact) mass is 154 g/mol. The maximum Gasteiger partial charge on any atom is 0.255 e. The zero-order valence-corrected chi connectivity index (χ0v) is 5.75. The van der Waals surface area contributed by atoms with Crippen LogP contribution in [0.2, 0.25) is 0 Å². The van der Waals surface area contributed by atoms with Crippen LogP contribution in [0.4, 0.5) is 10.1 Å². The van der Waals surface area contributed by atoms with Crippen LogP contribution in [0, 0.1) is 0 Å². The van der Waals surface area contributed by atoms with Gasteiger partial charge in [-0.25, -0.2) is 4.39 Å². The predicted octanol–water partition coefficient (Wildman–Crippen LogP) is 0.990. The smallest absolute Gasteiger partial charge is 0.255 e. The number of aromatic nitrogens is 1. The lowest BCUT2D eigenvalue weighted by atomic mass is 10.4. The van der Waals surface area contributed by atoms with E-state index in [1.54, 1.807) is 18.3 Å². The minimum absolute atomic E-state index is 0.509. The van der Waals surface area contributed by atoms with Crippen molar-refractivity contribution in [1.29, 1.82) is 0 Å². The summed E-state index contributed by atoms with van der Waals surface area (Å²) in [6, 6.07) is 3.30. The number of hydrogen-bond donors (Lipinski definition) is 1. The molecular formula is C7H7FN2O. The van der Waals surface area contributed by atoms with Gasteiger partial charge in [0.15, 0.2) is 6.67 Å². The molecule has 0 aliphatic rings. The van der Waals surface area contributed by atoms with Crippen molar-refractivity contribution in [3.63, 3.8) is 0 Å². The number of amides is 1. The Hall–Kier alpha value is -1.45. The van der Waals surface area contributed by atoms with Crippen molar-refractivity contribution >= 4 is 11.6 Å². The molecule has 0 aliphatic heterocycles. The molecule has 0 spiro atoms. The predicted molar refractivity (Wildman–Crippen MR) is 38.8 cm³/mol. The van der Waals surface area contributed by atoms with Gasteiger partial charge in [-0.2, -0.15) is 0 Å². The maximum atomic E-state index is 11.6. The van der Waals surface area contributed by atoms with Crippen LogP contribution < -0.4 is 5.32 Å². The fourth-order valence-corrected chi connectivity index (χ4v) is 0.631. The quantitative estimate of drug-likeness (QED) is 0.690. The Kier molecular flexibility index (Phi) is 2.54. The highest BCUT2D eigenvalue weighted by atomic mass is 19.1. The molecule has 0 saturated heterocycles. The molecule has 4 heteroatoms. The Morgan fingerprint density at radius 3 is 3.09 bits per heavy atom. The summed E-state index contributed by atoms with van der Waals surface area (Å²) < 4.78 is 11.6. The molecular weight excluding hydrogens is 147 g/mol. The Labute approximate surface area is 63.3 Å². The van der Waals surface area contributed by atoms with Gasteiger partial charge in [0, 0.05) is 6.20 Å². The van der Waals surface area contributed by atoms with Crippen LogP contribution in [0.3, 0.4) is 0 Å². The molecule has 0 unspecified atom stereocenters. The Balaban J connectivity index is 2.58. The third kappa shape index (κ3) is 2.33. The zero-order valence-electron chi connectivity index (χ0n) is 5.75. The van der Waals surface area contributed by atoms with Crippen molar-refractivity contribution in [2.45, 2.75) is 0 Å². The number of nitrogens with one attached hydrogen (secondary N) is 1. The average Bonchev–Trinajstić information content (AvgIpc) is 2.06. The molecule has 0 saturated carbocycles. The second kappa shape index (κ2) is 3.65. The van der Waals surface area contributed by atoms with E-state index in [9.17, 15) is 9.18 Å². The van der Waals surface area contributed by atoms with Crippen LogP contribution in [-0.2, 0) is 4.79 Å². The lowest BCUT2D eigenvalue weighted by Gasteiger charge is -1.98. The van der Waals surface area contributed by atoms with Crippen molar-refractivity contribution in [2.24, 2.45) is 0 Å². The summed E-state index contributed by atoms with van der Waals surface area (Å²) in [5.41, 5.74) is 0.509. The van der Waals surface area contributed by atoms with Crippen molar-refractivity contribution in [2.75, 3.05) is 12.0 Å². The summed E-state index contributed by atoms with van der Waals surface area (Å²) in [5.74, 6) is -0.655. The topological polar surface area (TPSA) is 42.0 Å². The number of nitrogens with zero attached hydrogens (tertiary/aromatic N) is 1. The molecule has 3 nitrogen and oxygen atoms in total.